The summed E-state index contributed by atoms with van der Waals surface area (Å²) in [5.41, 5.74) is 4.95. The van der Waals surface area contributed by atoms with Crippen LogP contribution >= 0.6 is 0 Å². The van der Waals surface area contributed by atoms with E-state index in [0.29, 0.717) is 12.4 Å². The molecular weight excluding hydrogens is 412 g/mol. The summed E-state index contributed by atoms with van der Waals surface area (Å²) in [6, 6.07) is 21.4. The van der Waals surface area contributed by atoms with Crippen LogP contribution in [0.5, 0.6) is 0 Å². The number of hydrogen-bond donors (Lipinski definition) is 2. The summed E-state index contributed by atoms with van der Waals surface area (Å²) >= 11 is 0. The van der Waals surface area contributed by atoms with Crippen LogP contribution in [0.1, 0.15) is 35.6 Å². The molecule has 0 radical (unpaired) electrons. The second-order valence-corrected chi connectivity index (χ2v) is 8.20. The van der Waals surface area contributed by atoms with Crippen LogP contribution in [-0.2, 0) is 11.8 Å². The first-order chi connectivity index (χ1) is 16.0. The van der Waals surface area contributed by atoms with Gasteiger partial charge in [0.05, 0.1) is 6.20 Å². The first-order valence-electron chi connectivity index (χ1n) is 11.0. The molecule has 7 nitrogen and oxygen atoms in total. The Morgan fingerprint density at radius 1 is 0.970 bits per heavy atom. The van der Waals surface area contributed by atoms with Crippen LogP contribution in [0.4, 0.5) is 5.82 Å². The molecule has 0 aliphatic carbocycles. The summed E-state index contributed by atoms with van der Waals surface area (Å²) in [6.45, 7) is 4.90. The van der Waals surface area contributed by atoms with E-state index < -0.39 is 6.04 Å². The minimum Gasteiger partial charge on any atom is -0.309 e. The van der Waals surface area contributed by atoms with Crippen molar-refractivity contribution in [3.8, 4) is 11.3 Å². The molecule has 0 fully saturated rings. The van der Waals surface area contributed by atoms with E-state index in [4.69, 9.17) is 0 Å². The minimum absolute atomic E-state index is 0.156. The molecule has 2 N–H and O–H groups in total. The van der Waals surface area contributed by atoms with Gasteiger partial charge in [0.1, 0.15) is 17.6 Å². The third kappa shape index (κ3) is 5.70. The van der Waals surface area contributed by atoms with E-state index in [1.54, 1.807) is 25.5 Å². The maximum Gasteiger partial charge on any atom is 0.247 e. The zero-order chi connectivity index (χ0) is 23.2. The Kier molecular flexibility index (Phi) is 6.90. The molecular formula is C26H28N6O. The van der Waals surface area contributed by atoms with Crippen LogP contribution in [0.15, 0.2) is 79.1 Å². The van der Waals surface area contributed by atoms with Crippen LogP contribution < -0.4 is 10.6 Å². The molecule has 0 saturated heterocycles. The van der Waals surface area contributed by atoms with Gasteiger partial charge in [0.2, 0.25) is 5.91 Å². The molecule has 0 saturated carbocycles. The molecule has 2 aromatic heterocycles. The molecule has 2 heterocycles. The normalized spacial score (nSPS) is 12.8. The molecule has 2 aromatic carbocycles. The predicted octanol–water partition coefficient (Wildman–Crippen LogP) is 4.26. The number of carbonyl (C=O) groups excluding carboxylic acids is 1. The average Bonchev–Trinajstić information content (AvgIpc) is 3.27. The summed E-state index contributed by atoms with van der Waals surface area (Å²) in [5.74, 6) is 0.591. The number of rotatable bonds is 8. The smallest absolute Gasteiger partial charge is 0.247 e. The van der Waals surface area contributed by atoms with Gasteiger partial charge >= 0.3 is 0 Å². The Labute approximate surface area is 193 Å². The lowest BCUT2D eigenvalue weighted by atomic mass is 9.98. The number of benzene rings is 2. The molecule has 4 aromatic rings. The van der Waals surface area contributed by atoms with Crippen LogP contribution in [0, 0.1) is 6.92 Å². The Hall–Kier alpha value is -3.84. The van der Waals surface area contributed by atoms with Crippen molar-refractivity contribution < 1.29 is 4.79 Å². The van der Waals surface area contributed by atoms with Gasteiger partial charge in [0.25, 0.3) is 0 Å². The summed E-state index contributed by atoms with van der Waals surface area (Å²) in [5, 5.41) is 14.7. The molecule has 0 aliphatic heterocycles. The highest BCUT2D eigenvalue weighted by Gasteiger charge is 2.21. The van der Waals surface area contributed by atoms with Gasteiger partial charge in [0.15, 0.2) is 0 Å². The van der Waals surface area contributed by atoms with Crippen LogP contribution in [0.3, 0.4) is 0 Å². The number of pyridine rings is 1. The zero-order valence-electron chi connectivity index (χ0n) is 19.1. The zero-order valence-corrected chi connectivity index (χ0v) is 19.1. The van der Waals surface area contributed by atoms with Gasteiger partial charge in [-0.15, -0.1) is 0 Å². The quantitative estimate of drug-likeness (QED) is 0.428. The fraction of sp³-hybridized carbons (Fsp3) is 0.231. The number of hydrogen-bond acceptors (Lipinski definition) is 5. The number of carbonyl (C=O) groups is 1. The summed E-state index contributed by atoms with van der Waals surface area (Å²) in [7, 11) is 1.77. The first-order valence-corrected chi connectivity index (χ1v) is 11.0. The molecule has 4 rings (SSSR count). The molecule has 0 spiro atoms. The van der Waals surface area contributed by atoms with Crippen LogP contribution in [-0.4, -0.2) is 32.4 Å². The van der Waals surface area contributed by atoms with Gasteiger partial charge < -0.3 is 10.6 Å². The Bertz CT molecular complexity index is 1190. The monoisotopic (exact) mass is 440 g/mol. The van der Waals surface area contributed by atoms with E-state index in [2.05, 4.69) is 63.9 Å². The molecule has 0 bridgehead atoms. The maximum atomic E-state index is 13.2. The molecule has 33 heavy (non-hydrogen) atoms. The van der Waals surface area contributed by atoms with Crippen molar-refractivity contribution in [2.45, 2.75) is 25.8 Å². The van der Waals surface area contributed by atoms with Gasteiger partial charge in [-0.2, -0.15) is 15.0 Å². The third-order valence-corrected chi connectivity index (χ3v) is 5.58. The highest BCUT2D eigenvalue weighted by Crippen LogP contribution is 2.21. The van der Waals surface area contributed by atoms with Crippen molar-refractivity contribution in [2.24, 2.45) is 7.05 Å². The number of nitrogens with one attached hydrogen (secondary N) is 2. The summed E-state index contributed by atoms with van der Waals surface area (Å²) in [6.07, 6.45) is 3.36. The number of aryl methyl sites for hydroxylation is 2. The van der Waals surface area contributed by atoms with E-state index in [-0.39, 0.29) is 11.8 Å². The Morgan fingerprint density at radius 2 is 1.73 bits per heavy atom. The predicted molar refractivity (Wildman–Crippen MR) is 130 cm³/mol. The van der Waals surface area contributed by atoms with Crippen molar-refractivity contribution in [2.75, 3.05) is 11.9 Å². The van der Waals surface area contributed by atoms with Gasteiger partial charge in [-0.25, -0.2) is 4.98 Å². The van der Waals surface area contributed by atoms with E-state index >= 15 is 0 Å². The lowest BCUT2D eigenvalue weighted by molar-refractivity contribution is -0.118. The fourth-order valence-electron chi connectivity index (χ4n) is 3.61. The highest BCUT2D eigenvalue weighted by molar-refractivity contribution is 5.94. The van der Waals surface area contributed by atoms with Gasteiger partial charge in [0, 0.05) is 25.4 Å². The number of amides is 1. The Morgan fingerprint density at radius 3 is 2.36 bits per heavy atom. The van der Waals surface area contributed by atoms with Crippen molar-refractivity contribution in [1.29, 1.82) is 0 Å². The summed E-state index contributed by atoms with van der Waals surface area (Å²) in [4.78, 5) is 19.1. The largest absolute Gasteiger partial charge is 0.309 e. The van der Waals surface area contributed by atoms with Gasteiger partial charge in [-0.05, 0) is 36.1 Å². The molecule has 2 atom stereocenters. The van der Waals surface area contributed by atoms with E-state index in [9.17, 15) is 4.79 Å². The van der Waals surface area contributed by atoms with Crippen molar-refractivity contribution >= 4 is 11.7 Å². The van der Waals surface area contributed by atoms with Gasteiger partial charge in [-0.3, -0.25) is 4.79 Å². The highest BCUT2D eigenvalue weighted by atomic mass is 16.2. The minimum atomic E-state index is -0.499. The second-order valence-electron chi connectivity index (χ2n) is 8.20. The number of anilines is 1. The second kappa shape index (κ2) is 10.2. The number of aromatic nitrogens is 4. The lowest BCUT2D eigenvalue weighted by Gasteiger charge is -2.21. The van der Waals surface area contributed by atoms with E-state index in [0.717, 1.165) is 16.8 Å². The summed E-state index contributed by atoms with van der Waals surface area (Å²) < 4.78 is 0. The first kappa shape index (κ1) is 22.4. The van der Waals surface area contributed by atoms with Crippen molar-refractivity contribution in [3.63, 3.8) is 0 Å². The lowest BCUT2D eigenvalue weighted by Crippen LogP contribution is -2.35. The van der Waals surface area contributed by atoms with Crippen molar-refractivity contribution in [3.05, 3.63) is 95.8 Å². The fourth-order valence-corrected chi connectivity index (χ4v) is 3.61. The van der Waals surface area contributed by atoms with E-state index in [1.165, 1.54) is 15.9 Å². The standard InChI is InChI=1S/C26H28N6O/c1-18-9-11-20(12-10-18)19(2)15-28-25(21-7-5-4-6-8-21)26(33)30-24-14-13-22(16-27-24)23-17-29-32(3)31-23/h4-14,16-17,19,25,28H,15H2,1-3H3,(H,27,30,33)/t19-,25+/m1/s1. The van der Waals surface area contributed by atoms with Crippen LogP contribution in [0.2, 0.25) is 0 Å². The number of nitrogens with zero attached hydrogens (tertiary/aromatic N) is 4. The molecule has 1 amide bonds. The van der Waals surface area contributed by atoms with Crippen molar-refractivity contribution in [1.82, 2.24) is 25.3 Å². The Balaban J connectivity index is 1.46. The maximum absolute atomic E-state index is 13.2. The van der Waals surface area contributed by atoms with E-state index in [1.807, 2.05) is 36.4 Å². The SMILES string of the molecule is Cc1ccc([C@H](C)CN[C@H](C(=O)Nc2ccc(-c3cnn(C)n3)cn2)c2ccccc2)cc1. The molecule has 0 unspecified atom stereocenters. The average molecular weight is 441 g/mol. The van der Waals surface area contributed by atoms with Gasteiger partial charge in [-0.1, -0.05) is 67.1 Å². The third-order valence-electron chi connectivity index (χ3n) is 5.58. The molecule has 0 aliphatic rings. The van der Waals surface area contributed by atoms with Crippen LogP contribution in [0.25, 0.3) is 11.3 Å². The molecule has 7 heteroatoms. The topological polar surface area (TPSA) is 84.7 Å². The molecule has 168 valence electrons.